The van der Waals surface area contributed by atoms with Crippen LogP contribution < -0.4 is 15.8 Å². The second-order valence-corrected chi connectivity index (χ2v) is 5.66. The van der Waals surface area contributed by atoms with Gasteiger partial charge in [-0.1, -0.05) is 18.2 Å². The number of nitrogens with zero attached hydrogens (tertiary/aromatic N) is 2. The molecule has 0 aliphatic carbocycles. The van der Waals surface area contributed by atoms with Gasteiger partial charge >= 0.3 is 0 Å². The predicted molar refractivity (Wildman–Crippen MR) is 79.9 cm³/mol. The molecule has 112 valence electrons. The minimum absolute atomic E-state index is 0.0299. The standard InChI is InChI=1S/C14H17ClN4O2/c15-13-11(8-16-17-14(13)21)18-6-7-19(12(20)9-18)10-4-2-1-3-5-10/h1-5,11,13,16H,6-9H2,(H,17,21). The van der Waals surface area contributed by atoms with Crippen molar-refractivity contribution in [3.05, 3.63) is 30.3 Å². The number of nitrogens with one attached hydrogen (secondary N) is 2. The molecule has 3 rings (SSSR count). The normalized spacial score (nSPS) is 27.6. The molecule has 2 heterocycles. The molecule has 2 amide bonds. The Balaban J connectivity index is 1.68. The lowest BCUT2D eigenvalue weighted by atomic mass is 10.1. The number of carbonyl (C=O) groups is 2. The minimum atomic E-state index is -0.637. The molecule has 7 heteroatoms. The summed E-state index contributed by atoms with van der Waals surface area (Å²) in [6.45, 7) is 2.12. The van der Waals surface area contributed by atoms with Gasteiger partial charge in [0.1, 0.15) is 5.38 Å². The van der Waals surface area contributed by atoms with Gasteiger partial charge < -0.3 is 4.90 Å². The fraction of sp³-hybridized carbons (Fsp3) is 0.429. The van der Waals surface area contributed by atoms with E-state index in [4.69, 9.17) is 11.6 Å². The van der Waals surface area contributed by atoms with Crippen LogP contribution in [0.25, 0.3) is 0 Å². The highest BCUT2D eigenvalue weighted by Gasteiger charge is 2.38. The molecular weight excluding hydrogens is 292 g/mol. The number of piperazine rings is 1. The van der Waals surface area contributed by atoms with Crippen LogP contribution in [0, 0.1) is 0 Å². The summed E-state index contributed by atoms with van der Waals surface area (Å²) in [6.07, 6.45) is 0. The van der Waals surface area contributed by atoms with Crippen molar-refractivity contribution in [1.29, 1.82) is 0 Å². The van der Waals surface area contributed by atoms with E-state index < -0.39 is 5.38 Å². The summed E-state index contributed by atoms with van der Waals surface area (Å²) >= 11 is 6.15. The smallest absolute Gasteiger partial charge is 0.253 e. The van der Waals surface area contributed by atoms with Crippen molar-refractivity contribution in [2.75, 3.05) is 31.1 Å². The van der Waals surface area contributed by atoms with E-state index in [0.29, 0.717) is 19.6 Å². The van der Waals surface area contributed by atoms with E-state index in [2.05, 4.69) is 10.9 Å². The number of amides is 2. The van der Waals surface area contributed by atoms with Crippen LogP contribution in [0.1, 0.15) is 0 Å². The van der Waals surface area contributed by atoms with Crippen molar-refractivity contribution in [1.82, 2.24) is 15.8 Å². The van der Waals surface area contributed by atoms with Crippen molar-refractivity contribution < 1.29 is 9.59 Å². The highest BCUT2D eigenvalue weighted by atomic mass is 35.5. The van der Waals surface area contributed by atoms with Crippen LogP contribution in [0.4, 0.5) is 5.69 Å². The maximum Gasteiger partial charge on any atom is 0.253 e. The Kier molecular flexibility index (Phi) is 4.10. The van der Waals surface area contributed by atoms with Crippen LogP contribution in [-0.4, -0.2) is 54.3 Å². The molecule has 1 aromatic carbocycles. The number of carbonyl (C=O) groups excluding carboxylic acids is 2. The summed E-state index contributed by atoms with van der Waals surface area (Å²) in [4.78, 5) is 27.7. The summed E-state index contributed by atoms with van der Waals surface area (Å²) in [7, 11) is 0. The molecule has 21 heavy (non-hydrogen) atoms. The lowest BCUT2D eigenvalue weighted by Gasteiger charge is -2.41. The van der Waals surface area contributed by atoms with Gasteiger partial charge in [0.2, 0.25) is 5.91 Å². The van der Waals surface area contributed by atoms with Crippen molar-refractivity contribution >= 4 is 29.1 Å². The van der Waals surface area contributed by atoms with E-state index in [1.807, 2.05) is 35.2 Å². The van der Waals surface area contributed by atoms with Crippen molar-refractivity contribution in [2.45, 2.75) is 11.4 Å². The quantitative estimate of drug-likeness (QED) is 0.752. The number of hydrogen-bond donors (Lipinski definition) is 2. The Morgan fingerprint density at radius 3 is 2.62 bits per heavy atom. The summed E-state index contributed by atoms with van der Waals surface area (Å²) in [5.74, 6) is -0.215. The maximum absolute atomic E-state index is 12.4. The van der Waals surface area contributed by atoms with Crippen molar-refractivity contribution in [3.8, 4) is 0 Å². The Labute approximate surface area is 128 Å². The zero-order valence-electron chi connectivity index (χ0n) is 11.5. The number of hydrazine groups is 1. The van der Waals surface area contributed by atoms with Gasteiger partial charge in [-0.15, -0.1) is 11.6 Å². The molecule has 0 bridgehead atoms. The average Bonchev–Trinajstić information content (AvgIpc) is 2.51. The molecule has 0 saturated carbocycles. The highest BCUT2D eigenvalue weighted by Crippen LogP contribution is 2.20. The van der Waals surface area contributed by atoms with Crippen LogP contribution in [0.15, 0.2) is 30.3 Å². The molecule has 1 aromatic rings. The summed E-state index contributed by atoms with van der Waals surface area (Å²) < 4.78 is 0. The Bertz CT molecular complexity index is 539. The molecule has 2 saturated heterocycles. The number of anilines is 1. The lowest BCUT2D eigenvalue weighted by molar-refractivity contribution is -0.127. The molecular formula is C14H17ClN4O2. The molecule has 2 aliphatic heterocycles. The van der Waals surface area contributed by atoms with E-state index in [-0.39, 0.29) is 24.4 Å². The number of alkyl halides is 1. The number of halogens is 1. The highest BCUT2D eigenvalue weighted by molar-refractivity contribution is 6.31. The Morgan fingerprint density at radius 1 is 1.14 bits per heavy atom. The maximum atomic E-state index is 12.4. The van der Waals surface area contributed by atoms with Gasteiger partial charge in [0.05, 0.1) is 6.54 Å². The zero-order chi connectivity index (χ0) is 14.8. The first-order valence-corrected chi connectivity index (χ1v) is 7.37. The van der Waals surface area contributed by atoms with Gasteiger partial charge in [0, 0.05) is 31.4 Å². The van der Waals surface area contributed by atoms with Crippen LogP contribution in [-0.2, 0) is 9.59 Å². The van der Waals surface area contributed by atoms with Gasteiger partial charge in [0.15, 0.2) is 0 Å². The predicted octanol–water partition coefficient (Wildman–Crippen LogP) is -0.0544. The third-order valence-corrected chi connectivity index (χ3v) is 4.39. The Morgan fingerprint density at radius 2 is 1.90 bits per heavy atom. The van der Waals surface area contributed by atoms with Crippen LogP contribution in [0.2, 0.25) is 0 Å². The molecule has 0 aromatic heterocycles. The monoisotopic (exact) mass is 308 g/mol. The van der Waals surface area contributed by atoms with Gasteiger partial charge in [-0.25, -0.2) is 5.43 Å². The van der Waals surface area contributed by atoms with E-state index >= 15 is 0 Å². The number of hydrogen-bond acceptors (Lipinski definition) is 4. The molecule has 2 unspecified atom stereocenters. The van der Waals surface area contributed by atoms with Crippen molar-refractivity contribution in [3.63, 3.8) is 0 Å². The summed E-state index contributed by atoms with van der Waals surface area (Å²) in [6, 6.07) is 9.44. The first-order valence-electron chi connectivity index (χ1n) is 6.93. The molecule has 2 fully saturated rings. The van der Waals surface area contributed by atoms with Crippen LogP contribution in [0.5, 0.6) is 0 Å². The van der Waals surface area contributed by atoms with E-state index in [0.717, 1.165) is 5.69 Å². The minimum Gasteiger partial charge on any atom is -0.310 e. The van der Waals surface area contributed by atoms with E-state index in [1.54, 1.807) is 4.90 Å². The summed E-state index contributed by atoms with van der Waals surface area (Å²) in [5.41, 5.74) is 6.23. The van der Waals surface area contributed by atoms with Gasteiger partial charge in [-0.05, 0) is 12.1 Å². The number of rotatable bonds is 2. The SMILES string of the molecule is O=C1NNCC(N2CCN(c3ccccc3)C(=O)C2)C1Cl. The molecule has 0 spiro atoms. The van der Waals surface area contributed by atoms with Crippen molar-refractivity contribution in [2.24, 2.45) is 0 Å². The topological polar surface area (TPSA) is 64.7 Å². The summed E-state index contributed by atoms with van der Waals surface area (Å²) in [5, 5.41) is -0.637. The third kappa shape index (κ3) is 2.88. The first kappa shape index (κ1) is 14.3. The molecule has 2 aliphatic rings. The molecule has 6 nitrogen and oxygen atoms in total. The molecule has 2 atom stereocenters. The van der Waals surface area contributed by atoms with E-state index in [9.17, 15) is 9.59 Å². The zero-order valence-corrected chi connectivity index (χ0v) is 12.2. The fourth-order valence-corrected chi connectivity index (χ4v) is 3.06. The van der Waals surface area contributed by atoms with E-state index in [1.165, 1.54) is 0 Å². The molecule has 2 N–H and O–H groups in total. The van der Waals surface area contributed by atoms with Crippen LogP contribution >= 0.6 is 11.6 Å². The third-order valence-electron chi connectivity index (χ3n) is 3.90. The largest absolute Gasteiger partial charge is 0.310 e. The fourth-order valence-electron chi connectivity index (χ4n) is 2.76. The Hall–Kier alpha value is -1.63. The first-order chi connectivity index (χ1) is 10.2. The van der Waals surface area contributed by atoms with Gasteiger partial charge in [-0.3, -0.25) is 19.9 Å². The second kappa shape index (κ2) is 6.01. The van der Waals surface area contributed by atoms with Gasteiger partial charge in [0.25, 0.3) is 5.91 Å². The number of para-hydroxylation sites is 1. The number of benzene rings is 1. The second-order valence-electron chi connectivity index (χ2n) is 5.19. The van der Waals surface area contributed by atoms with Crippen LogP contribution in [0.3, 0.4) is 0 Å². The molecule has 0 radical (unpaired) electrons. The lowest BCUT2D eigenvalue weighted by Crippen LogP contribution is -2.65. The van der Waals surface area contributed by atoms with Gasteiger partial charge in [-0.2, -0.15) is 0 Å². The average molecular weight is 309 g/mol.